The lowest BCUT2D eigenvalue weighted by atomic mass is 9.44. The Bertz CT molecular complexity index is 643. The quantitative estimate of drug-likeness (QED) is 0.466. The predicted octanol–water partition coefficient (Wildman–Crippen LogP) is 7.17. The first-order chi connectivity index (χ1) is 14.1. The van der Waals surface area contributed by atoms with Gasteiger partial charge in [-0.3, -0.25) is 4.79 Å². The summed E-state index contributed by atoms with van der Waals surface area (Å²) in [5, 5.41) is 0. The maximum absolute atomic E-state index is 12.5. The van der Waals surface area contributed by atoms with E-state index in [4.69, 9.17) is 0 Å². The minimum Gasteiger partial charge on any atom is -0.342 e. The molecule has 0 spiro atoms. The van der Waals surface area contributed by atoms with Gasteiger partial charge in [0.05, 0.1) is 0 Å². The second kappa shape index (κ2) is 8.11. The molecule has 0 aromatic heterocycles. The number of piperidine rings is 1. The van der Waals surface area contributed by atoms with Crippen molar-refractivity contribution in [3.8, 4) is 0 Å². The number of fused-ring (bicyclic) bond motifs is 5. The van der Waals surface area contributed by atoms with Gasteiger partial charge in [0.1, 0.15) is 0 Å². The summed E-state index contributed by atoms with van der Waals surface area (Å²) in [6.45, 7) is 15.1. The van der Waals surface area contributed by atoms with Crippen molar-refractivity contribution in [1.82, 2.24) is 4.90 Å². The van der Waals surface area contributed by atoms with Gasteiger partial charge in [-0.2, -0.15) is 0 Å². The predicted molar refractivity (Wildman–Crippen MR) is 126 cm³/mol. The van der Waals surface area contributed by atoms with E-state index in [0.717, 1.165) is 54.3 Å². The normalized spacial score (nSPS) is 47.1. The van der Waals surface area contributed by atoms with E-state index in [1.165, 1.54) is 51.4 Å². The number of carbonyl (C=O) groups excluding carboxylic acids is 1. The molecule has 172 valence electrons. The molecule has 9 atom stereocenters. The zero-order chi connectivity index (χ0) is 21.8. The molecule has 4 fully saturated rings. The van der Waals surface area contributed by atoms with Gasteiger partial charge in [0.15, 0.2) is 0 Å². The smallest absolute Gasteiger partial charge is 0.222 e. The van der Waals surface area contributed by atoms with Crippen molar-refractivity contribution in [3.63, 3.8) is 0 Å². The largest absolute Gasteiger partial charge is 0.342 e. The van der Waals surface area contributed by atoms with Gasteiger partial charge in [0.25, 0.3) is 0 Å². The van der Waals surface area contributed by atoms with Crippen LogP contribution in [0.1, 0.15) is 106 Å². The number of carbonyl (C=O) groups is 1. The third kappa shape index (κ3) is 3.47. The van der Waals surface area contributed by atoms with Gasteiger partial charge in [0, 0.05) is 19.5 Å². The first-order valence-corrected chi connectivity index (χ1v) is 13.3. The third-order valence-electron chi connectivity index (χ3n) is 11.1. The third-order valence-corrected chi connectivity index (χ3v) is 11.1. The summed E-state index contributed by atoms with van der Waals surface area (Å²) >= 11 is 0. The van der Waals surface area contributed by atoms with Gasteiger partial charge >= 0.3 is 0 Å². The number of likely N-dealkylation sites (tertiary alicyclic amines) is 1. The number of nitrogens with zero attached hydrogens (tertiary/aromatic N) is 1. The highest BCUT2D eigenvalue weighted by atomic mass is 16.2. The van der Waals surface area contributed by atoms with Crippen molar-refractivity contribution in [2.75, 3.05) is 7.05 Å². The number of rotatable bonds is 5. The average molecular weight is 416 g/mol. The summed E-state index contributed by atoms with van der Waals surface area (Å²) in [7, 11) is 2.09. The highest BCUT2D eigenvalue weighted by Crippen LogP contribution is 2.68. The van der Waals surface area contributed by atoms with Crippen LogP contribution in [0.4, 0.5) is 0 Å². The zero-order valence-corrected chi connectivity index (χ0v) is 21.0. The SMILES string of the molecule is CC(C)CCCC(C)C1CCC2C3C(CC[C@]12C)[C@@]1(C)CCC(=O)N(C)[C@@H]1C[C@@H]3C. The fourth-order valence-electron chi connectivity index (χ4n) is 9.49. The van der Waals surface area contributed by atoms with Crippen LogP contribution in [0.3, 0.4) is 0 Å². The molecular weight excluding hydrogens is 366 g/mol. The zero-order valence-electron chi connectivity index (χ0n) is 21.0. The molecule has 1 heterocycles. The summed E-state index contributed by atoms with van der Waals surface area (Å²) in [5.41, 5.74) is 0.911. The maximum Gasteiger partial charge on any atom is 0.222 e. The summed E-state index contributed by atoms with van der Waals surface area (Å²) in [4.78, 5) is 14.6. The van der Waals surface area contributed by atoms with Crippen LogP contribution in [0.2, 0.25) is 0 Å². The van der Waals surface area contributed by atoms with E-state index in [9.17, 15) is 4.79 Å². The second-order valence-corrected chi connectivity index (χ2v) is 13.1. The van der Waals surface area contributed by atoms with Gasteiger partial charge in [0.2, 0.25) is 5.91 Å². The highest BCUT2D eigenvalue weighted by molar-refractivity contribution is 5.77. The molecule has 4 rings (SSSR count). The molecule has 2 nitrogen and oxygen atoms in total. The van der Waals surface area contributed by atoms with E-state index in [0.29, 0.717) is 22.8 Å². The Morgan fingerprint density at radius 1 is 1.00 bits per heavy atom. The second-order valence-electron chi connectivity index (χ2n) is 13.1. The van der Waals surface area contributed by atoms with E-state index >= 15 is 0 Å². The summed E-state index contributed by atoms with van der Waals surface area (Å²) in [6.07, 6.45) is 13.2. The Hall–Kier alpha value is -0.530. The molecule has 1 aliphatic heterocycles. The first-order valence-electron chi connectivity index (χ1n) is 13.3. The minimum atomic E-state index is 0.349. The van der Waals surface area contributed by atoms with Gasteiger partial charge in [-0.15, -0.1) is 0 Å². The fourth-order valence-corrected chi connectivity index (χ4v) is 9.49. The highest BCUT2D eigenvalue weighted by Gasteiger charge is 2.63. The van der Waals surface area contributed by atoms with Crippen LogP contribution in [0.5, 0.6) is 0 Å². The van der Waals surface area contributed by atoms with E-state index in [1.807, 2.05) is 0 Å². The van der Waals surface area contributed by atoms with Crippen molar-refractivity contribution in [2.45, 2.75) is 112 Å². The molecule has 1 saturated heterocycles. The Balaban J connectivity index is 1.53. The van der Waals surface area contributed by atoms with Gasteiger partial charge in [-0.1, -0.05) is 60.8 Å². The molecular formula is C28H49NO. The van der Waals surface area contributed by atoms with Crippen molar-refractivity contribution in [3.05, 3.63) is 0 Å². The molecule has 5 unspecified atom stereocenters. The fraction of sp³-hybridized carbons (Fsp3) is 0.964. The standard InChI is InChI=1S/C28H49NO/c1-18(2)9-8-10-19(3)21-11-12-22-26-20(4)17-24-28(6,16-14-25(30)29(24)7)23(26)13-15-27(21,22)5/h18-24,26H,8-17H2,1-7H3/t19?,20-,21?,22?,23?,24+,26?,27+,28+/m0/s1. The lowest BCUT2D eigenvalue weighted by Gasteiger charge is -2.64. The molecule has 0 N–H and O–H groups in total. The Morgan fingerprint density at radius 2 is 1.70 bits per heavy atom. The topological polar surface area (TPSA) is 20.3 Å². The van der Waals surface area contributed by atoms with Crippen molar-refractivity contribution in [1.29, 1.82) is 0 Å². The lowest BCUT2D eigenvalue weighted by molar-refractivity contribution is -0.167. The molecule has 0 radical (unpaired) electrons. The number of amides is 1. The number of hydrogen-bond donors (Lipinski definition) is 0. The summed E-state index contributed by atoms with van der Waals surface area (Å²) < 4.78 is 0. The molecule has 30 heavy (non-hydrogen) atoms. The van der Waals surface area contributed by atoms with E-state index < -0.39 is 0 Å². The first kappa shape index (κ1) is 22.7. The molecule has 1 amide bonds. The molecule has 0 aromatic rings. The summed E-state index contributed by atoms with van der Waals surface area (Å²) in [5.74, 6) is 6.46. The van der Waals surface area contributed by atoms with E-state index in [2.05, 4.69) is 53.5 Å². The Labute approximate surface area is 186 Å². The molecule has 4 aliphatic rings. The van der Waals surface area contributed by atoms with Crippen molar-refractivity contribution < 1.29 is 4.79 Å². The van der Waals surface area contributed by atoms with Crippen LogP contribution in [0.25, 0.3) is 0 Å². The maximum atomic E-state index is 12.5. The van der Waals surface area contributed by atoms with Crippen molar-refractivity contribution >= 4 is 5.91 Å². The van der Waals surface area contributed by atoms with Crippen molar-refractivity contribution in [2.24, 2.45) is 52.3 Å². The van der Waals surface area contributed by atoms with Gasteiger partial charge in [-0.25, -0.2) is 0 Å². The molecule has 0 bridgehead atoms. The van der Waals surface area contributed by atoms with Crippen LogP contribution in [-0.2, 0) is 4.79 Å². The van der Waals surface area contributed by atoms with E-state index in [-0.39, 0.29) is 0 Å². The number of hydrogen-bond acceptors (Lipinski definition) is 1. The van der Waals surface area contributed by atoms with Crippen LogP contribution in [0.15, 0.2) is 0 Å². The van der Waals surface area contributed by atoms with Crippen LogP contribution in [-0.4, -0.2) is 23.9 Å². The molecule has 3 saturated carbocycles. The van der Waals surface area contributed by atoms with Crippen LogP contribution >= 0.6 is 0 Å². The molecule has 2 heteroatoms. The molecule has 3 aliphatic carbocycles. The lowest BCUT2D eigenvalue weighted by Crippen LogP contribution is -2.63. The Kier molecular flexibility index (Phi) is 6.12. The molecule has 0 aromatic carbocycles. The monoisotopic (exact) mass is 415 g/mol. The van der Waals surface area contributed by atoms with Crippen LogP contribution < -0.4 is 0 Å². The Morgan fingerprint density at radius 3 is 2.40 bits per heavy atom. The van der Waals surface area contributed by atoms with Crippen LogP contribution in [0, 0.1) is 52.3 Å². The minimum absolute atomic E-state index is 0.349. The summed E-state index contributed by atoms with van der Waals surface area (Å²) in [6, 6.07) is 0.478. The van der Waals surface area contributed by atoms with E-state index in [1.54, 1.807) is 0 Å². The van der Waals surface area contributed by atoms with Gasteiger partial charge < -0.3 is 4.90 Å². The van der Waals surface area contributed by atoms with Gasteiger partial charge in [-0.05, 0) is 90.8 Å². The average Bonchev–Trinajstić information content (AvgIpc) is 3.03.